The van der Waals surface area contributed by atoms with Gasteiger partial charge in [0.05, 0.1) is 5.52 Å². The van der Waals surface area contributed by atoms with Crippen molar-refractivity contribution in [1.29, 1.82) is 0 Å². The number of nitrogens with one attached hydrogen (secondary N) is 2. The number of fused-ring (bicyclic) bond motifs is 1. The van der Waals surface area contributed by atoms with E-state index in [0.717, 1.165) is 39.3 Å². The van der Waals surface area contributed by atoms with Gasteiger partial charge in [-0.3, -0.25) is 0 Å². The number of benzene rings is 3. The van der Waals surface area contributed by atoms with Gasteiger partial charge in [0.15, 0.2) is 0 Å². The average molecular weight is 415 g/mol. The van der Waals surface area contributed by atoms with Crippen LogP contribution in [0.2, 0.25) is 0 Å². The van der Waals surface area contributed by atoms with Gasteiger partial charge in [-0.25, -0.2) is 9.97 Å². The van der Waals surface area contributed by atoms with Crippen molar-refractivity contribution in [3.05, 3.63) is 72.1 Å². The van der Waals surface area contributed by atoms with Gasteiger partial charge in [-0.15, -0.1) is 0 Å². The lowest BCUT2D eigenvalue weighted by atomic mass is 10.0. The predicted molar refractivity (Wildman–Crippen MR) is 126 cm³/mol. The van der Waals surface area contributed by atoms with Gasteiger partial charge < -0.3 is 20.5 Å². The molecule has 0 fully saturated rings. The van der Waals surface area contributed by atoms with E-state index in [2.05, 4.69) is 40.5 Å². The first-order valence-electron chi connectivity index (χ1n) is 10.3. The summed E-state index contributed by atoms with van der Waals surface area (Å²) in [5.41, 5.74) is 4.96. The molecule has 1 aromatic heterocycles. The summed E-state index contributed by atoms with van der Waals surface area (Å²) < 4.78 is 6.18. The van der Waals surface area contributed by atoms with E-state index in [1.165, 1.54) is 11.9 Å². The summed E-state index contributed by atoms with van der Waals surface area (Å²) in [4.78, 5) is 8.58. The first-order chi connectivity index (χ1) is 14.9. The van der Waals surface area contributed by atoms with E-state index >= 15 is 0 Å². The Kier molecular flexibility index (Phi) is 5.62. The van der Waals surface area contributed by atoms with Crippen molar-refractivity contribution >= 4 is 28.1 Å². The first kappa shape index (κ1) is 20.5. The van der Waals surface area contributed by atoms with Gasteiger partial charge in [0, 0.05) is 23.8 Å². The molecule has 0 aliphatic heterocycles. The SMILES string of the molecule is CNc1ccc(Oc2ccc(Nc3ncnc4ccc(O)cc34)cc2C)cc1C(C)C. The number of aromatic hydroxyl groups is 1. The molecule has 4 aromatic rings. The van der Waals surface area contributed by atoms with Crippen LogP contribution in [0.25, 0.3) is 10.9 Å². The van der Waals surface area contributed by atoms with E-state index in [9.17, 15) is 5.11 Å². The zero-order chi connectivity index (χ0) is 22.0. The first-order valence-corrected chi connectivity index (χ1v) is 10.3. The van der Waals surface area contributed by atoms with Crippen LogP contribution in [0.15, 0.2) is 60.9 Å². The lowest BCUT2D eigenvalue weighted by molar-refractivity contribution is 0.476. The second kappa shape index (κ2) is 8.52. The van der Waals surface area contributed by atoms with E-state index in [-0.39, 0.29) is 5.75 Å². The van der Waals surface area contributed by atoms with Crippen molar-refractivity contribution < 1.29 is 9.84 Å². The molecule has 0 spiro atoms. The molecule has 0 atom stereocenters. The Labute approximate surface area is 181 Å². The van der Waals surface area contributed by atoms with Crippen LogP contribution in [0.5, 0.6) is 17.2 Å². The van der Waals surface area contributed by atoms with Gasteiger partial charge in [-0.05, 0) is 78.6 Å². The molecule has 6 nitrogen and oxygen atoms in total. The number of rotatable bonds is 6. The quantitative estimate of drug-likeness (QED) is 0.341. The maximum Gasteiger partial charge on any atom is 0.141 e. The van der Waals surface area contributed by atoms with E-state index in [4.69, 9.17) is 4.74 Å². The highest BCUT2D eigenvalue weighted by atomic mass is 16.5. The summed E-state index contributed by atoms with van der Waals surface area (Å²) >= 11 is 0. The third kappa shape index (κ3) is 4.38. The lowest BCUT2D eigenvalue weighted by Crippen LogP contribution is -1.99. The van der Waals surface area contributed by atoms with E-state index < -0.39 is 0 Å². The molecule has 0 radical (unpaired) electrons. The maximum atomic E-state index is 9.82. The van der Waals surface area contributed by atoms with Gasteiger partial charge >= 0.3 is 0 Å². The number of anilines is 3. The van der Waals surface area contributed by atoms with E-state index in [1.54, 1.807) is 18.2 Å². The monoisotopic (exact) mass is 414 g/mol. The van der Waals surface area contributed by atoms with Crippen molar-refractivity contribution in [2.45, 2.75) is 26.7 Å². The summed E-state index contributed by atoms with van der Waals surface area (Å²) in [6.45, 7) is 6.35. The number of hydrogen-bond donors (Lipinski definition) is 3. The molecular formula is C25H26N4O2. The van der Waals surface area contributed by atoms with Gasteiger partial charge in [0.2, 0.25) is 0 Å². The van der Waals surface area contributed by atoms with Crippen LogP contribution in [0.3, 0.4) is 0 Å². The fourth-order valence-electron chi connectivity index (χ4n) is 3.56. The number of phenols is 1. The van der Waals surface area contributed by atoms with Gasteiger partial charge in [0.25, 0.3) is 0 Å². The molecule has 0 saturated heterocycles. The molecule has 0 aliphatic rings. The zero-order valence-electron chi connectivity index (χ0n) is 18.1. The Hall–Kier alpha value is -3.80. The summed E-state index contributed by atoms with van der Waals surface area (Å²) in [7, 11) is 1.93. The van der Waals surface area contributed by atoms with Crippen LogP contribution in [0.1, 0.15) is 30.9 Å². The van der Waals surface area contributed by atoms with Crippen LogP contribution in [-0.2, 0) is 0 Å². The van der Waals surface area contributed by atoms with Crippen LogP contribution in [0.4, 0.5) is 17.2 Å². The Morgan fingerprint density at radius 3 is 2.55 bits per heavy atom. The number of aryl methyl sites for hydroxylation is 1. The summed E-state index contributed by atoms with van der Waals surface area (Å²) in [6.07, 6.45) is 1.51. The van der Waals surface area contributed by atoms with Gasteiger partial charge in [-0.2, -0.15) is 0 Å². The molecule has 0 unspecified atom stereocenters. The fourth-order valence-corrected chi connectivity index (χ4v) is 3.56. The van der Waals surface area contributed by atoms with Gasteiger partial charge in [-0.1, -0.05) is 13.8 Å². The molecule has 0 aliphatic carbocycles. The highest BCUT2D eigenvalue weighted by Gasteiger charge is 2.10. The van der Waals surface area contributed by atoms with Crippen molar-refractivity contribution in [3.63, 3.8) is 0 Å². The molecule has 4 rings (SSSR count). The van der Waals surface area contributed by atoms with Crippen molar-refractivity contribution in [2.75, 3.05) is 17.7 Å². The highest BCUT2D eigenvalue weighted by molar-refractivity contribution is 5.91. The third-order valence-corrected chi connectivity index (χ3v) is 5.20. The minimum atomic E-state index is 0.176. The third-order valence-electron chi connectivity index (χ3n) is 5.20. The molecule has 6 heteroatoms. The molecule has 0 saturated carbocycles. The molecule has 158 valence electrons. The standard InChI is InChI=1S/C25H26N4O2/c1-15(2)20-13-19(7-9-22(20)26-4)31-24-10-5-17(11-16(24)3)29-25-21-12-18(30)6-8-23(21)27-14-28-25/h5-15,26,30H,1-4H3,(H,27,28,29). The minimum absolute atomic E-state index is 0.176. The Bertz CT molecular complexity index is 1240. The summed E-state index contributed by atoms with van der Waals surface area (Å²) in [6, 6.07) is 17.0. The molecule has 0 amide bonds. The highest BCUT2D eigenvalue weighted by Crippen LogP contribution is 2.33. The Morgan fingerprint density at radius 2 is 1.81 bits per heavy atom. The molecule has 3 aromatic carbocycles. The van der Waals surface area contributed by atoms with Crippen molar-refractivity contribution in [1.82, 2.24) is 9.97 Å². The van der Waals surface area contributed by atoms with Crippen LogP contribution >= 0.6 is 0 Å². The number of ether oxygens (including phenoxy) is 1. The smallest absolute Gasteiger partial charge is 0.141 e. The molecular weight excluding hydrogens is 388 g/mol. The topological polar surface area (TPSA) is 79.3 Å². The Balaban J connectivity index is 1.58. The summed E-state index contributed by atoms with van der Waals surface area (Å²) in [5, 5.41) is 17.1. The molecule has 31 heavy (non-hydrogen) atoms. The van der Waals surface area contributed by atoms with Crippen LogP contribution < -0.4 is 15.4 Å². The second-order valence-electron chi connectivity index (χ2n) is 7.78. The number of aromatic nitrogens is 2. The number of nitrogens with zero attached hydrogens (tertiary/aromatic N) is 2. The maximum absolute atomic E-state index is 9.82. The Morgan fingerprint density at radius 1 is 0.968 bits per heavy atom. The number of hydrogen-bond acceptors (Lipinski definition) is 6. The molecule has 0 bridgehead atoms. The molecule has 3 N–H and O–H groups in total. The normalized spacial score (nSPS) is 11.0. The largest absolute Gasteiger partial charge is 0.508 e. The van der Waals surface area contributed by atoms with Crippen LogP contribution in [0, 0.1) is 6.92 Å². The zero-order valence-corrected chi connectivity index (χ0v) is 18.1. The molecule has 1 heterocycles. The van der Waals surface area contributed by atoms with Crippen molar-refractivity contribution in [3.8, 4) is 17.2 Å². The van der Waals surface area contributed by atoms with E-state index in [1.807, 2.05) is 44.3 Å². The van der Waals surface area contributed by atoms with Crippen molar-refractivity contribution in [2.24, 2.45) is 0 Å². The summed E-state index contributed by atoms with van der Waals surface area (Å²) in [5.74, 6) is 2.81. The second-order valence-corrected chi connectivity index (χ2v) is 7.78. The van der Waals surface area contributed by atoms with Gasteiger partial charge in [0.1, 0.15) is 29.4 Å². The van der Waals surface area contributed by atoms with Crippen LogP contribution in [-0.4, -0.2) is 22.1 Å². The predicted octanol–water partition coefficient (Wildman–Crippen LogP) is 6.34. The number of phenolic OH excluding ortho intramolecular Hbond substituents is 1. The fraction of sp³-hybridized carbons (Fsp3) is 0.200. The van der Waals surface area contributed by atoms with E-state index in [0.29, 0.717) is 11.7 Å². The minimum Gasteiger partial charge on any atom is -0.508 e. The average Bonchev–Trinajstić information content (AvgIpc) is 2.76. The lowest BCUT2D eigenvalue weighted by Gasteiger charge is -2.16.